The lowest BCUT2D eigenvalue weighted by molar-refractivity contribution is 0.0964. The van der Waals surface area contributed by atoms with Crippen LogP contribution in [0.25, 0.3) is 0 Å². The van der Waals surface area contributed by atoms with Crippen molar-refractivity contribution in [2.24, 2.45) is 23.2 Å². The van der Waals surface area contributed by atoms with Crippen molar-refractivity contribution in [3.05, 3.63) is 65.8 Å². The lowest BCUT2D eigenvalue weighted by atomic mass is 9.61. The minimum Gasteiger partial charge on any atom is -0.393 e. The van der Waals surface area contributed by atoms with Gasteiger partial charge in [-0.05, 0) is 114 Å². The van der Waals surface area contributed by atoms with E-state index in [4.69, 9.17) is 0 Å². The molecule has 0 spiro atoms. The van der Waals surface area contributed by atoms with Crippen LogP contribution >= 0.6 is 0 Å². The van der Waals surface area contributed by atoms with Gasteiger partial charge in [-0.2, -0.15) is 0 Å². The lowest BCUT2D eigenvalue weighted by Gasteiger charge is -2.44. The summed E-state index contributed by atoms with van der Waals surface area (Å²) in [5, 5.41) is 10.1. The van der Waals surface area contributed by atoms with Crippen LogP contribution in [-0.4, -0.2) is 27.0 Å². The zero-order valence-corrected chi connectivity index (χ0v) is 21.4. The molecule has 1 aromatic carbocycles. The van der Waals surface area contributed by atoms with Crippen molar-refractivity contribution in [2.45, 2.75) is 82.6 Å². The van der Waals surface area contributed by atoms with Gasteiger partial charge in [-0.3, -0.25) is 4.21 Å². The summed E-state index contributed by atoms with van der Waals surface area (Å²) in [6.07, 6.45) is 14.2. The SMILES string of the molecule is C=C1CC[C@H](O)C/C1=C/C=C1\CCC[C@]2(C)[C@@H]([C@H](C)CCS(=C)(=O)c3ccccc3)CC[C@@H]12. The van der Waals surface area contributed by atoms with Gasteiger partial charge in [0.05, 0.1) is 6.10 Å². The molecular weight excluding hydrogens is 424 g/mol. The van der Waals surface area contributed by atoms with E-state index in [0.29, 0.717) is 28.9 Å². The number of aliphatic hydroxyl groups excluding tert-OH is 1. The Morgan fingerprint density at radius 2 is 1.94 bits per heavy atom. The molecule has 1 unspecified atom stereocenters. The van der Waals surface area contributed by atoms with Crippen molar-refractivity contribution in [3.8, 4) is 0 Å². The summed E-state index contributed by atoms with van der Waals surface area (Å²) in [5.74, 6) is 6.67. The molecule has 33 heavy (non-hydrogen) atoms. The first-order valence-electron chi connectivity index (χ1n) is 12.9. The maximum atomic E-state index is 13.3. The largest absolute Gasteiger partial charge is 0.393 e. The van der Waals surface area contributed by atoms with Crippen LogP contribution in [0.15, 0.2) is 70.7 Å². The smallest absolute Gasteiger partial charge is 0.0583 e. The molecule has 0 aliphatic heterocycles. The van der Waals surface area contributed by atoms with Gasteiger partial charge in [-0.15, -0.1) is 0 Å². The van der Waals surface area contributed by atoms with E-state index in [1.54, 1.807) is 5.57 Å². The van der Waals surface area contributed by atoms with E-state index in [9.17, 15) is 9.32 Å². The first-order valence-corrected chi connectivity index (χ1v) is 14.8. The highest BCUT2D eigenvalue weighted by molar-refractivity contribution is 8.00. The molecule has 3 fully saturated rings. The zero-order chi connectivity index (χ0) is 23.6. The van der Waals surface area contributed by atoms with Gasteiger partial charge in [0.1, 0.15) is 0 Å². The summed E-state index contributed by atoms with van der Waals surface area (Å²) in [6, 6.07) is 9.80. The monoisotopic (exact) mass is 466 g/mol. The van der Waals surface area contributed by atoms with Crippen molar-refractivity contribution < 1.29 is 9.32 Å². The Morgan fingerprint density at radius 3 is 2.70 bits per heavy atom. The molecule has 4 rings (SSSR count). The van der Waals surface area contributed by atoms with Crippen LogP contribution in [0.1, 0.15) is 71.6 Å². The third-order valence-corrected chi connectivity index (χ3v) is 11.0. The van der Waals surface area contributed by atoms with Crippen LogP contribution in [0.4, 0.5) is 0 Å². The molecule has 3 aliphatic carbocycles. The van der Waals surface area contributed by atoms with Gasteiger partial charge < -0.3 is 5.11 Å². The average Bonchev–Trinajstić information content (AvgIpc) is 3.16. The highest BCUT2D eigenvalue weighted by atomic mass is 32.2. The molecule has 180 valence electrons. The number of benzene rings is 1. The van der Waals surface area contributed by atoms with Crippen molar-refractivity contribution in [3.63, 3.8) is 0 Å². The van der Waals surface area contributed by atoms with E-state index in [0.717, 1.165) is 30.6 Å². The van der Waals surface area contributed by atoms with Crippen molar-refractivity contribution in [1.82, 2.24) is 0 Å². The topological polar surface area (TPSA) is 37.3 Å². The first kappa shape index (κ1) is 24.5. The number of rotatable bonds is 6. The summed E-state index contributed by atoms with van der Waals surface area (Å²) >= 11 is 0. The molecule has 6 atom stereocenters. The Balaban J connectivity index is 1.45. The fourth-order valence-corrected chi connectivity index (χ4v) is 8.61. The summed E-state index contributed by atoms with van der Waals surface area (Å²) in [6.45, 7) is 9.14. The van der Waals surface area contributed by atoms with E-state index >= 15 is 0 Å². The zero-order valence-electron chi connectivity index (χ0n) is 20.6. The van der Waals surface area contributed by atoms with Crippen LogP contribution < -0.4 is 0 Å². The van der Waals surface area contributed by atoms with E-state index < -0.39 is 9.52 Å². The van der Waals surface area contributed by atoms with Gasteiger partial charge in [0.25, 0.3) is 0 Å². The fourth-order valence-electron chi connectivity index (χ4n) is 6.97. The highest BCUT2D eigenvalue weighted by Crippen LogP contribution is 2.59. The molecule has 0 aromatic heterocycles. The van der Waals surface area contributed by atoms with E-state index in [1.807, 2.05) is 30.3 Å². The van der Waals surface area contributed by atoms with Gasteiger partial charge in [-0.25, -0.2) is 0 Å². The van der Waals surface area contributed by atoms with Crippen LogP contribution in [-0.2, 0) is 9.52 Å². The first-order chi connectivity index (χ1) is 15.7. The Bertz CT molecular complexity index is 1020. The lowest BCUT2D eigenvalue weighted by Crippen LogP contribution is -2.36. The highest BCUT2D eigenvalue weighted by Gasteiger charge is 2.50. The van der Waals surface area contributed by atoms with Crippen LogP contribution in [0.5, 0.6) is 0 Å². The van der Waals surface area contributed by atoms with Crippen molar-refractivity contribution in [1.29, 1.82) is 0 Å². The quantitative estimate of drug-likeness (QED) is 0.460. The summed E-state index contributed by atoms with van der Waals surface area (Å²) in [7, 11) is -2.22. The molecule has 1 aromatic rings. The molecule has 0 heterocycles. The second-order valence-electron chi connectivity index (χ2n) is 11.1. The average molecular weight is 467 g/mol. The number of fused-ring (bicyclic) bond motifs is 1. The molecule has 2 nitrogen and oxygen atoms in total. The van der Waals surface area contributed by atoms with Gasteiger partial charge >= 0.3 is 0 Å². The van der Waals surface area contributed by atoms with Crippen LogP contribution in [0, 0.1) is 23.2 Å². The molecule has 0 radical (unpaired) electrons. The Kier molecular flexibility index (Phi) is 7.41. The number of hydrogen-bond acceptors (Lipinski definition) is 2. The number of allylic oxidation sites excluding steroid dienone is 4. The van der Waals surface area contributed by atoms with Gasteiger partial charge in [0, 0.05) is 10.6 Å². The molecule has 1 N–H and O–H groups in total. The molecule has 0 amide bonds. The number of aliphatic hydroxyl groups is 1. The minimum atomic E-state index is -2.22. The molecular formula is C30H42O2S. The maximum absolute atomic E-state index is 13.3. The predicted molar refractivity (Wildman–Crippen MR) is 142 cm³/mol. The third kappa shape index (κ3) is 5.25. The van der Waals surface area contributed by atoms with Crippen LogP contribution in [0.3, 0.4) is 0 Å². The van der Waals surface area contributed by atoms with Crippen LogP contribution in [0.2, 0.25) is 0 Å². The van der Waals surface area contributed by atoms with Gasteiger partial charge in [0.15, 0.2) is 0 Å². The predicted octanol–water partition coefficient (Wildman–Crippen LogP) is 6.96. The standard InChI is InChI=1S/C30H42O2S/c1-22-12-15-26(31)21-25(22)14-13-24-9-8-19-30(3)28(16-17-29(24)30)23(2)18-20-33(4,32)27-10-6-5-7-11-27/h5-7,10-11,13-14,23,26,28-29,31H,1,4,8-9,12,15-21H2,2-3H3/b24-13+,25-14-/t23-,26+,28-,29+,30-,33?/m1/s1. The van der Waals surface area contributed by atoms with Gasteiger partial charge in [0.2, 0.25) is 0 Å². The molecule has 0 saturated heterocycles. The molecule has 3 aliphatic rings. The van der Waals surface area contributed by atoms with E-state index in [-0.39, 0.29) is 6.10 Å². The van der Waals surface area contributed by atoms with Crippen molar-refractivity contribution in [2.75, 3.05) is 5.75 Å². The maximum Gasteiger partial charge on any atom is 0.0583 e. The minimum absolute atomic E-state index is 0.215. The summed E-state index contributed by atoms with van der Waals surface area (Å²) in [5.41, 5.74) is 4.37. The Hall–Kier alpha value is -1.58. The fraction of sp³-hybridized carbons (Fsp3) is 0.567. The normalized spacial score (nSPS) is 35.4. The van der Waals surface area contributed by atoms with E-state index in [2.05, 4.69) is 38.4 Å². The van der Waals surface area contributed by atoms with E-state index in [1.165, 1.54) is 43.3 Å². The third-order valence-electron chi connectivity index (χ3n) is 8.99. The molecule has 0 bridgehead atoms. The Morgan fingerprint density at radius 1 is 1.18 bits per heavy atom. The molecule has 3 heteroatoms. The Labute approximate surface area is 201 Å². The second-order valence-corrected chi connectivity index (χ2v) is 13.6. The molecule has 3 saturated carbocycles. The second kappa shape index (κ2) is 9.96. The number of hydrogen-bond donors (Lipinski definition) is 1. The summed E-state index contributed by atoms with van der Waals surface area (Å²) < 4.78 is 13.3. The summed E-state index contributed by atoms with van der Waals surface area (Å²) in [4.78, 5) is 0.887. The van der Waals surface area contributed by atoms with Crippen molar-refractivity contribution >= 4 is 15.4 Å². The van der Waals surface area contributed by atoms with Gasteiger partial charge in [-0.1, -0.05) is 61.9 Å².